The number of nitrogens with zero attached hydrogens (tertiary/aromatic N) is 1. The molecule has 1 aliphatic rings. The standard InChI is InChI=1S/C15H20F3N3O3S/c1-14(2)12(15(16,17)18)6-7-21(14)9-13(22)20-10-4-3-5-11(8-10)25(19,23)24/h3-5,8,12H,6-7,9H2,1-2H3,(H,20,22)(H2,19,23,24). The molecule has 0 spiro atoms. The first-order chi connectivity index (χ1) is 11.3. The van der Waals surface area contributed by atoms with Crippen LogP contribution in [0.3, 0.4) is 0 Å². The number of carbonyl (C=O) groups excluding carboxylic acids is 1. The molecule has 1 aliphatic heterocycles. The molecule has 3 N–H and O–H groups in total. The number of rotatable bonds is 4. The van der Waals surface area contributed by atoms with Gasteiger partial charge >= 0.3 is 6.18 Å². The van der Waals surface area contributed by atoms with Crippen LogP contribution in [0.25, 0.3) is 0 Å². The predicted molar refractivity (Wildman–Crippen MR) is 86.3 cm³/mol. The summed E-state index contributed by atoms with van der Waals surface area (Å²) in [6.45, 7) is 2.86. The van der Waals surface area contributed by atoms with Crippen LogP contribution in [-0.4, -0.2) is 44.0 Å². The fraction of sp³-hybridized carbons (Fsp3) is 0.533. The monoisotopic (exact) mass is 379 g/mol. The number of carbonyl (C=O) groups is 1. The number of sulfonamides is 1. The van der Waals surface area contributed by atoms with Gasteiger partial charge in [0, 0.05) is 11.2 Å². The number of halogens is 3. The minimum atomic E-state index is -4.32. The van der Waals surface area contributed by atoms with Gasteiger partial charge in [0.05, 0.1) is 17.4 Å². The molecule has 0 saturated carbocycles. The number of primary sulfonamides is 1. The zero-order valence-electron chi connectivity index (χ0n) is 13.8. The number of alkyl halides is 3. The molecule has 1 unspecified atom stereocenters. The van der Waals surface area contributed by atoms with Crippen molar-refractivity contribution in [3.8, 4) is 0 Å². The molecule has 1 aromatic carbocycles. The summed E-state index contributed by atoms with van der Waals surface area (Å²) in [5.41, 5.74) is -0.987. The normalized spacial score (nSPS) is 21.3. The van der Waals surface area contributed by atoms with Crippen LogP contribution in [0.5, 0.6) is 0 Å². The van der Waals surface area contributed by atoms with E-state index in [0.29, 0.717) is 0 Å². The lowest BCUT2D eigenvalue weighted by atomic mass is 9.88. The zero-order chi connectivity index (χ0) is 19.0. The Hall–Kier alpha value is -1.65. The number of nitrogens with two attached hydrogens (primary N) is 1. The van der Waals surface area contributed by atoms with Gasteiger partial charge in [-0.15, -0.1) is 0 Å². The summed E-state index contributed by atoms with van der Waals surface area (Å²) in [5, 5.41) is 7.52. The quantitative estimate of drug-likeness (QED) is 0.836. The molecule has 0 aliphatic carbocycles. The molecule has 0 bridgehead atoms. The Balaban J connectivity index is 2.07. The number of likely N-dealkylation sites (tertiary alicyclic amines) is 1. The van der Waals surface area contributed by atoms with Crippen LogP contribution < -0.4 is 10.5 Å². The number of nitrogens with one attached hydrogen (secondary N) is 1. The second kappa shape index (κ2) is 6.58. The number of amides is 1. The molecule has 1 aromatic rings. The van der Waals surface area contributed by atoms with Crippen LogP contribution in [0.15, 0.2) is 29.2 Å². The number of benzene rings is 1. The third kappa shape index (κ3) is 4.50. The van der Waals surface area contributed by atoms with Crippen LogP contribution in [0.4, 0.5) is 18.9 Å². The molecule has 10 heteroatoms. The second-order valence-corrected chi connectivity index (χ2v) is 8.14. The average Bonchev–Trinajstić information content (AvgIpc) is 2.73. The molecule has 1 atom stereocenters. The summed E-state index contributed by atoms with van der Waals surface area (Å²) in [6, 6.07) is 5.36. The lowest BCUT2D eigenvalue weighted by Gasteiger charge is -2.36. The summed E-state index contributed by atoms with van der Waals surface area (Å²) in [6.07, 6.45) is -4.39. The Morgan fingerprint density at radius 1 is 1.40 bits per heavy atom. The first kappa shape index (κ1) is 19.7. The Morgan fingerprint density at radius 2 is 2.04 bits per heavy atom. The summed E-state index contributed by atoms with van der Waals surface area (Å²) < 4.78 is 61.9. The van der Waals surface area contributed by atoms with E-state index >= 15 is 0 Å². The molecule has 0 aromatic heterocycles. The molecule has 25 heavy (non-hydrogen) atoms. The molecule has 6 nitrogen and oxygen atoms in total. The van der Waals surface area contributed by atoms with E-state index in [4.69, 9.17) is 5.14 Å². The summed E-state index contributed by atoms with van der Waals surface area (Å²) in [7, 11) is -3.91. The third-order valence-electron chi connectivity index (χ3n) is 4.53. The van der Waals surface area contributed by atoms with Gasteiger partial charge in [-0.2, -0.15) is 13.2 Å². The highest BCUT2D eigenvalue weighted by Crippen LogP contribution is 2.44. The molecular weight excluding hydrogens is 359 g/mol. The fourth-order valence-electron chi connectivity index (χ4n) is 3.12. The number of hydrogen-bond acceptors (Lipinski definition) is 4. The highest BCUT2D eigenvalue weighted by atomic mass is 32.2. The van der Waals surface area contributed by atoms with Gasteiger partial charge in [0.15, 0.2) is 0 Å². The van der Waals surface area contributed by atoms with E-state index in [1.165, 1.54) is 43.0 Å². The van der Waals surface area contributed by atoms with E-state index in [2.05, 4.69) is 5.32 Å². The van der Waals surface area contributed by atoms with Crippen LogP contribution in [0.1, 0.15) is 20.3 Å². The van der Waals surface area contributed by atoms with E-state index in [0.717, 1.165) is 0 Å². The summed E-state index contributed by atoms with van der Waals surface area (Å²) >= 11 is 0. The third-order valence-corrected chi connectivity index (χ3v) is 5.44. The van der Waals surface area contributed by atoms with Gasteiger partial charge in [-0.25, -0.2) is 13.6 Å². The van der Waals surface area contributed by atoms with Gasteiger partial charge in [-0.05, 0) is 45.0 Å². The maximum Gasteiger partial charge on any atom is 0.393 e. The maximum atomic E-state index is 13.1. The lowest BCUT2D eigenvalue weighted by Crippen LogP contribution is -2.49. The zero-order valence-corrected chi connectivity index (χ0v) is 14.6. The summed E-state index contributed by atoms with van der Waals surface area (Å²) in [4.78, 5) is 13.5. The smallest absolute Gasteiger partial charge is 0.325 e. The van der Waals surface area contributed by atoms with Crippen LogP contribution in [0.2, 0.25) is 0 Å². The highest BCUT2D eigenvalue weighted by molar-refractivity contribution is 7.89. The van der Waals surface area contributed by atoms with E-state index < -0.39 is 33.6 Å². The second-order valence-electron chi connectivity index (χ2n) is 6.58. The van der Waals surface area contributed by atoms with Crippen molar-refractivity contribution in [1.29, 1.82) is 0 Å². The van der Waals surface area contributed by atoms with Crippen molar-refractivity contribution in [2.75, 3.05) is 18.4 Å². The molecule has 1 saturated heterocycles. The topological polar surface area (TPSA) is 92.5 Å². The largest absolute Gasteiger partial charge is 0.393 e. The van der Waals surface area contributed by atoms with Crippen LogP contribution in [-0.2, 0) is 14.8 Å². The van der Waals surface area contributed by atoms with E-state index in [9.17, 15) is 26.4 Å². The number of anilines is 1. The van der Waals surface area contributed by atoms with E-state index in [1.807, 2.05) is 0 Å². The SMILES string of the molecule is CC1(C)C(C(F)(F)F)CCN1CC(=O)Nc1cccc(S(N)(=O)=O)c1. The Morgan fingerprint density at radius 3 is 2.56 bits per heavy atom. The maximum absolute atomic E-state index is 13.1. The first-order valence-electron chi connectivity index (χ1n) is 7.56. The van der Waals surface area contributed by atoms with E-state index in [1.54, 1.807) is 0 Å². The minimum Gasteiger partial charge on any atom is -0.325 e. The van der Waals surface area contributed by atoms with Gasteiger partial charge < -0.3 is 5.32 Å². The fourth-order valence-corrected chi connectivity index (χ4v) is 3.68. The summed E-state index contributed by atoms with van der Waals surface area (Å²) in [5.74, 6) is -2.03. The van der Waals surface area contributed by atoms with Crippen LogP contribution >= 0.6 is 0 Å². The van der Waals surface area contributed by atoms with Crippen molar-refractivity contribution in [3.63, 3.8) is 0 Å². The van der Waals surface area contributed by atoms with Gasteiger partial charge in [0.1, 0.15) is 0 Å². The van der Waals surface area contributed by atoms with E-state index in [-0.39, 0.29) is 30.1 Å². The molecule has 1 amide bonds. The molecule has 2 rings (SSSR count). The molecule has 0 radical (unpaired) electrons. The molecular formula is C15H20F3N3O3S. The van der Waals surface area contributed by atoms with Gasteiger partial charge in [-0.1, -0.05) is 6.07 Å². The highest BCUT2D eigenvalue weighted by Gasteiger charge is 2.54. The van der Waals surface area contributed by atoms with Crippen molar-refractivity contribution >= 4 is 21.6 Å². The van der Waals surface area contributed by atoms with Crippen molar-refractivity contribution in [1.82, 2.24) is 4.90 Å². The van der Waals surface area contributed by atoms with Crippen molar-refractivity contribution < 1.29 is 26.4 Å². The number of hydrogen-bond donors (Lipinski definition) is 2. The van der Waals surface area contributed by atoms with Crippen molar-refractivity contribution in [2.45, 2.75) is 36.9 Å². The Kier molecular flexibility index (Phi) is 5.18. The average molecular weight is 379 g/mol. The minimum absolute atomic E-state index is 0.0648. The van der Waals surface area contributed by atoms with Crippen LogP contribution in [0, 0.1) is 5.92 Å². The van der Waals surface area contributed by atoms with Gasteiger partial charge in [-0.3, -0.25) is 9.69 Å². The first-order valence-corrected chi connectivity index (χ1v) is 9.11. The molecule has 1 fully saturated rings. The van der Waals surface area contributed by atoms with Gasteiger partial charge in [0.2, 0.25) is 15.9 Å². The molecule has 140 valence electrons. The predicted octanol–water partition coefficient (Wildman–Crippen LogP) is 1.94. The van der Waals surface area contributed by atoms with Gasteiger partial charge in [0.25, 0.3) is 0 Å². The Bertz CT molecular complexity index is 763. The van der Waals surface area contributed by atoms with Crippen molar-refractivity contribution in [2.24, 2.45) is 11.1 Å². The lowest BCUT2D eigenvalue weighted by molar-refractivity contribution is -0.191. The Labute approximate surface area is 144 Å². The molecule has 1 heterocycles. The van der Waals surface area contributed by atoms with Crippen molar-refractivity contribution in [3.05, 3.63) is 24.3 Å².